The van der Waals surface area contributed by atoms with E-state index in [1.165, 1.54) is 0 Å². The molecule has 3 amide bonds. The van der Waals surface area contributed by atoms with Crippen LogP contribution in [0.5, 0.6) is 0 Å². The van der Waals surface area contributed by atoms with E-state index < -0.39 is 23.8 Å². The maximum atomic E-state index is 14.4. The first kappa shape index (κ1) is 35.5. The molecule has 0 saturated carbocycles. The summed E-state index contributed by atoms with van der Waals surface area (Å²) in [5.74, 6) is -0.585. The van der Waals surface area contributed by atoms with Crippen molar-refractivity contribution in [1.82, 2.24) is 15.5 Å². The molecule has 1 aromatic carbocycles. The lowest BCUT2D eigenvalue weighted by molar-refractivity contribution is -0.143. The van der Waals surface area contributed by atoms with Crippen LogP contribution in [0.3, 0.4) is 0 Å². The van der Waals surface area contributed by atoms with Crippen LogP contribution in [0, 0.1) is 19.8 Å². The molecule has 0 heterocycles. The molecule has 0 aromatic heterocycles. The number of ether oxygens (including phenoxy) is 1. The van der Waals surface area contributed by atoms with Gasteiger partial charge in [-0.2, -0.15) is 0 Å². The number of unbranched alkanes of at least 4 members (excludes halogenated alkanes) is 4. The third kappa shape index (κ3) is 11.9. The van der Waals surface area contributed by atoms with Gasteiger partial charge >= 0.3 is 6.09 Å². The van der Waals surface area contributed by atoms with E-state index in [0.717, 1.165) is 61.6 Å². The number of alkyl carbamates (subject to hydrolysis) is 1. The van der Waals surface area contributed by atoms with Gasteiger partial charge in [0, 0.05) is 12.6 Å². The van der Waals surface area contributed by atoms with Gasteiger partial charge in [-0.3, -0.25) is 9.59 Å². The Kier molecular flexibility index (Phi) is 15.3. The van der Waals surface area contributed by atoms with Crippen molar-refractivity contribution in [3.8, 4) is 0 Å². The molecule has 0 saturated heterocycles. The number of nitrogens with zero attached hydrogens (tertiary/aromatic N) is 1. The maximum Gasteiger partial charge on any atom is 0.408 e. The molecule has 4 unspecified atom stereocenters. The van der Waals surface area contributed by atoms with Crippen LogP contribution in [-0.4, -0.2) is 47.0 Å². The zero-order valence-corrected chi connectivity index (χ0v) is 27.0. The molecule has 0 aliphatic rings. The first-order valence-electron chi connectivity index (χ1n) is 15.4. The standard InChI is InChI=1S/C33H57N3O4/c1-11-14-15-16-17-21-36(31(38)28(24(5)13-3)35-32(39)40-33(8,9)10)29(30(37)34-26(7)18-12-2)27-20-19-23(4)22-25(27)6/h19-20,22,24,26,28-29H,11-18,21H2,1-10H3,(H,34,37)(H,35,39). The number of nitrogens with one attached hydrogen (secondary N) is 2. The van der Waals surface area contributed by atoms with Crippen LogP contribution >= 0.6 is 0 Å². The average Bonchev–Trinajstić information content (AvgIpc) is 2.85. The largest absolute Gasteiger partial charge is 0.444 e. The van der Waals surface area contributed by atoms with Gasteiger partial charge in [0.2, 0.25) is 11.8 Å². The van der Waals surface area contributed by atoms with E-state index in [4.69, 9.17) is 4.74 Å². The normalized spacial score (nSPS) is 14.6. The van der Waals surface area contributed by atoms with Crippen molar-refractivity contribution in [2.24, 2.45) is 5.92 Å². The molecule has 7 heteroatoms. The van der Waals surface area contributed by atoms with Gasteiger partial charge in [0.1, 0.15) is 17.7 Å². The van der Waals surface area contributed by atoms with Crippen LogP contribution < -0.4 is 10.6 Å². The van der Waals surface area contributed by atoms with Gasteiger partial charge in [-0.25, -0.2) is 4.79 Å². The minimum Gasteiger partial charge on any atom is -0.444 e. The third-order valence-corrected chi connectivity index (χ3v) is 7.33. The minimum atomic E-state index is -0.815. The van der Waals surface area contributed by atoms with Crippen molar-refractivity contribution in [1.29, 1.82) is 0 Å². The lowest BCUT2D eigenvalue weighted by atomic mass is 9.93. The summed E-state index contributed by atoms with van der Waals surface area (Å²) >= 11 is 0. The summed E-state index contributed by atoms with van der Waals surface area (Å²) < 4.78 is 5.52. The Hall–Kier alpha value is -2.57. The Balaban J connectivity index is 3.59. The number of amides is 3. The summed E-state index contributed by atoms with van der Waals surface area (Å²) in [6.45, 7) is 20.1. The summed E-state index contributed by atoms with van der Waals surface area (Å²) in [5.41, 5.74) is 2.19. The van der Waals surface area contributed by atoms with Gasteiger partial charge in [0.05, 0.1) is 0 Å². The molecule has 2 N–H and O–H groups in total. The fraction of sp³-hybridized carbons (Fsp3) is 0.727. The second kappa shape index (κ2) is 17.3. The minimum absolute atomic E-state index is 0.0162. The zero-order chi connectivity index (χ0) is 30.5. The fourth-order valence-corrected chi connectivity index (χ4v) is 4.96. The van der Waals surface area contributed by atoms with Crippen LogP contribution in [0.2, 0.25) is 0 Å². The van der Waals surface area contributed by atoms with Crippen molar-refractivity contribution >= 4 is 17.9 Å². The van der Waals surface area contributed by atoms with Gasteiger partial charge in [-0.1, -0.05) is 90.0 Å². The van der Waals surface area contributed by atoms with E-state index in [1.807, 2.05) is 46.8 Å². The SMILES string of the molecule is CCCCCCCN(C(=O)C(NC(=O)OC(C)(C)C)C(C)CC)C(C(=O)NC(C)CCC)c1ccc(C)cc1C. The molecular formula is C33H57N3O4. The molecule has 1 aromatic rings. The van der Waals surface area contributed by atoms with E-state index in [9.17, 15) is 14.4 Å². The molecule has 228 valence electrons. The van der Waals surface area contributed by atoms with Crippen LogP contribution in [-0.2, 0) is 14.3 Å². The number of hydrogen-bond acceptors (Lipinski definition) is 4. The molecule has 7 nitrogen and oxygen atoms in total. The third-order valence-electron chi connectivity index (χ3n) is 7.33. The van der Waals surface area contributed by atoms with E-state index in [2.05, 4.69) is 30.5 Å². The lowest BCUT2D eigenvalue weighted by Crippen LogP contribution is -2.56. The monoisotopic (exact) mass is 559 g/mol. The van der Waals surface area contributed by atoms with Crippen molar-refractivity contribution < 1.29 is 19.1 Å². The van der Waals surface area contributed by atoms with Gasteiger partial charge in [0.25, 0.3) is 0 Å². The van der Waals surface area contributed by atoms with Crippen molar-refractivity contribution in [3.63, 3.8) is 0 Å². The Bertz CT molecular complexity index is 940. The highest BCUT2D eigenvalue weighted by Gasteiger charge is 2.38. The van der Waals surface area contributed by atoms with Gasteiger partial charge < -0.3 is 20.3 Å². The summed E-state index contributed by atoms with van der Waals surface area (Å²) in [4.78, 5) is 43.0. The molecule has 0 aliphatic carbocycles. The number of carbonyl (C=O) groups is 3. The lowest BCUT2D eigenvalue weighted by Gasteiger charge is -2.37. The number of hydrogen-bond donors (Lipinski definition) is 2. The average molecular weight is 560 g/mol. The Labute approximate surface area is 244 Å². The number of carbonyl (C=O) groups excluding carboxylic acids is 3. The van der Waals surface area contributed by atoms with E-state index in [-0.39, 0.29) is 23.8 Å². The van der Waals surface area contributed by atoms with Crippen molar-refractivity contribution in [2.75, 3.05) is 6.54 Å². The van der Waals surface area contributed by atoms with Crippen LogP contribution in [0.4, 0.5) is 4.79 Å². The summed E-state index contributed by atoms with van der Waals surface area (Å²) in [6.07, 6.45) is 6.96. The predicted molar refractivity (Wildman–Crippen MR) is 164 cm³/mol. The molecule has 0 aliphatic heterocycles. The topological polar surface area (TPSA) is 87.7 Å². The molecule has 0 radical (unpaired) electrons. The number of aryl methyl sites for hydroxylation is 2. The molecular weight excluding hydrogens is 502 g/mol. The van der Waals surface area contributed by atoms with Crippen LogP contribution in [0.1, 0.15) is 129 Å². The van der Waals surface area contributed by atoms with Crippen LogP contribution in [0.15, 0.2) is 18.2 Å². The Morgan fingerprint density at radius 3 is 2.12 bits per heavy atom. The van der Waals surface area contributed by atoms with E-state index in [1.54, 1.807) is 25.7 Å². The zero-order valence-electron chi connectivity index (χ0n) is 27.0. The summed E-state index contributed by atoms with van der Waals surface area (Å²) in [7, 11) is 0. The van der Waals surface area contributed by atoms with Gasteiger partial charge in [-0.15, -0.1) is 0 Å². The van der Waals surface area contributed by atoms with Crippen LogP contribution in [0.25, 0.3) is 0 Å². The first-order valence-corrected chi connectivity index (χ1v) is 15.4. The van der Waals surface area contributed by atoms with E-state index >= 15 is 0 Å². The van der Waals surface area contributed by atoms with Crippen molar-refractivity contribution in [2.45, 2.75) is 144 Å². The molecule has 0 spiro atoms. The fourth-order valence-electron chi connectivity index (χ4n) is 4.96. The highest BCUT2D eigenvalue weighted by Crippen LogP contribution is 2.28. The van der Waals surface area contributed by atoms with E-state index in [0.29, 0.717) is 13.0 Å². The number of benzene rings is 1. The quantitative estimate of drug-likeness (QED) is 0.207. The molecule has 0 fully saturated rings. The number of rotatable bonds is 16. The Morgan fingerprint density at radius 1 is 0.925 bits per heavy atom. The molecule has 1 rings (SSSR count). The highest BCUT2D eigenvalue weighted by atomic mass is 16.6. The predicted octanol–water partition coefficient (Wildman–Crippen LogP) is 7.39. The van der Waals surface area contributed by atoms with Crippen molar-refractivity contribution in [3.05, 3.63) is 34.9 Å². The molecule has 4 atom stereocenters. The highest BCUT2D eigenvalue weighted by molar-refractivity contribution is 5.92. The second-order valence-corrected chi connectivity index (χ2v) is 12.4. The Morgan fingerprint density at radius 2 is 1.57 bits per heavy atom. The maximum absolute atomic E-state index is 14.4. The molecule has 0 bridgehead atoms. The first-order chi connectivity index (χ1) is 18.7. The van der Waals surface area contributed by atoms with Gasteiger partial charge in [-0.05, 0) is 71.4 Å². The summed E-state index contributed by atoms with van der Waals surface area (Å²) in [6, 6.07) is 4.39. The molecule has 40 heavy (non-hydrogen) atoms. The second-order valence-electron chi connectivity index (χ2n) is 12.4. The van der Waals surface area contributed by atoms with Gasteiger partial charge in [0.15, 0.2) is 0 Å². The smallest absolute Gasteiger partial charge is 0.408 e. The summed E-state index contributed by atoms with van der Waals surface area (Å²) in [5, 5.41) is 6.04.